The smallest absolute Gasteiger partial charge is 0.355 e. The molecule has 3 N–H and O–H groups in total. The first-order chi connectivity index (χ1) is 9.58. The van der Waals surface area contributed by atoms with E-state index in [4.69, 9.17) is 10.2 Å². The average Bonchev–Trinajstić information content (AvgIpc) is 2.87. The molecule has 0 saturated carbocycles. The van der Waals surface area contributed by atoms with Crippen LogP contribution in [0.4, 0.5) is 4.79 Å². The van der Waals surface area contributed by atoms with Crippen LogP contribution < -0.4 is 5.32 Å². The van der Waals surface area contributed by atoms with Gasteiger partial charge in [-0.1, -0.05) is 6.92 Å². The first-order valence-corrected chi connectivity index (χ1v) is 7.27. The molecule has 1 aromatic heterocycles. The van der Waals surface area contributed by atoms with Crippen LogP contribution in [0.1, 0.15) is 28.8 Å². The molecule has 0 radical (unpaired) electrons. The summed E-state index contributed by atoms with van der Waals surface area (Å²) in [5.74, 6) is -1.05. The molecule has 112 valence electrons. The number of aromatic nitrogens is 1. The minimum atomic E-state index is -1.05. The highest BCUT2D eigenvalue weighted by Gasteiger charge is 2.12. The largest absolute Gasteiger partial charge is 0.476 e. The lowest BCUT2D eigenvalue weighted by Gasteiger charge is -2.21. The van der Waals surface area contributed by atoms with Gasteiger partial charge in [0.2, 0.25) is 0 Å². The van der Waals surface area contributed by atoms with Gasteiger partial charge in [0.25, 0.3) is 0 Å². The third-order valence-electron chi connectivity index (χ3n) is 2.54. The monoisotopic (exact) mass is 301 g/mol. The van der Waals surface area contributed by atoms with Gasteiger partial charge in [-0.05, 0) is 6.42 Å². The van der Waals surface area contributed by atoms with Crippen molar-refractivity contribution < 1.29 is 19.8 Å². The van der Waals surface area contributed by atoms with Gasteiger partial charge in [-0.3, -0.25) is 0 Å². The normalized spacial score (nSPS) is 10.3. The number of hydrogen-bond donors (Lipinski definition) is 3. The van der Waals surface area contributed by atoms with E-state index >= 15 is 0 Å². The maximum absolute atomic E-state index is 11.8. The van der Waals surface area contributed by atoms with Crippen LogP contribution in [-0.2, 0) is 6.42 Å². The third-order valence-corrected chi connectivity index (χ3v) is 3.45. The standard InChI is InChI=1S/C12H19N3O4S/c1-2-5-15(6-7-16)12(19)13-4-3-10-14-9(8-20-10)11(17)18/h8,16H,2-7H2,1H3,(H,13,19)(H,17,18). The number of carboxylic acid groups (broad SMARTS) is 1. The van der Waals surface area contributed by atoms with Crippen LogP contribution in [0.15, 0.2) is 5.38 Å². The van der Waals surface area contributed by atoms with Gasteiger partial charge in [0, 0.05) is 31.4 Å². The van der Waals surface area contributed by atoms with E-state index in [0.717, 1.165) is 6.42 Å². The topological polar surface area (TPSA) is 103 Å². The van der Waals surface area contributed by atoms with Crippen molar-refractivity contribution in [3.8, 4) is 0 Å². The van der Waals surface area contributed by atoms with Crippen molar-refractivity contribution >= 4 is 23.3 Å². The Balaban J connectivity index is 2.38. The molecule has 1 heterocycles. The van der Waals surface area contributed by atoms with Crippen molar-refractivity contribution in [2.75, 3.05) is 26.2 Å². The van der Waals surface area contributed by atoms with Crippen molar-refractivity contribution in [1.29, 1.82) is 0 Å². The van der Waals surface area contributed by atoms with Gasteiger partial charge in [0.05, 0.1) is 11.6 Å². The van der Waals surface area contributed by atoms with Crippen molar-refractivity contribution in [3.05, 3.63) is 16.1 Å². The van der Waals surface area contributed by atoms with E-state index in [1.54, 1.807) is 4.90 Å². The van der Waals surface area contributed by atoms with Gasteiger partial charge < -0.3 is 20.4 Å². The van der Waals surface area contributed by atoms with E-state index in [2.05, 4.69) is 10.3 Å². The number of thiazole rings is 1. The molecule has 0 aliphatic heterocycles. The Hall–Kier alpha value is -1.67. The number of rotatable bonds is 8. The zero-order valence-electron chi connectivity index (χ0n) is 11.3. The van der Waals surface area contributed by atoms with Crippen LogP contribution >= 0.6 is 11.3 Å². The first kappa shape index (κ1) is 16.4. The van der Waals surface area contributed by atoms with Gasteiger partial charge >= 0.3 is 12.0 Å². The highest BCUT2D eigenvalue weighted by Crippen LogP contribution is 2.09. The Morgan fingerprint density at radius 3 is 2.75 bits per heavy atom. The van der Waals surface area contributed by atoms with Crippen LogP contribution in [0.5, 0.6) is 0 Å². The molecule has 0 aliphatic rings. The number of carbonyl (C=O) groups is 2. The van der Waals surface area contributed by atoms with Gasteiger partial charge in [-0.2, -0.15) is 0 Å². The summed E-state index contributed by atoms with van der Waals surface area (Å²) in [6.45, 7) is 3.17. The molecule has 0 bridgehead atoms. The Labute approximate surface area is 121 Å². The molecule has 0 atom stereocenters. The quantitative estimate of drug-likeness (QED) is 0.659. The van der Waals surface area contributed by atoms with E-state index < -0.39 is 5.97 Å². The van der Waals surface area contributed by atoms with Gasteiger partial charge in [-0.15, -0.1) is 11.3 Å². The Bertz CT molecular complexity index is 444. The van der Waals surface area contributed by atoms with Crippen LogP contribution in [-0.4, -0.2) is 58.3 Å². The van der Waals surface area contributed by atoms with E-state index in [1.807, 2.05) is 6.92 Å². The van der Waals surface area contributed by atoms with Crippen LogP contribution in [0.3, 0.4) is 0 Å². The highest BCUT2D eigenvalue weighted by atomic mass is 32.1. The zero-order chi connectivity index (χ0) is 15.0. The number of nitrogens with zero attached hydrogens (tertiary/aromatic N) is 2. The lowest BCUT2D eigenvalue weighted by Crippen LogP contribution is -2.42. The van der Waals surface area contributed by atoms with Crippen LogP contribution in [0.2, 0.25) is 0 Å². The molecule has 1 aromatic rings. The molecule has 0 fully saturated rings. The number of aromatic carboxylic acids is 1. The summed E-state index contributed by atoms with van der Waals surface area (Å²) in [5, 5.41) is 22.5. The van der Waals surface area contributed by atoms with Crippen LogP contribution in [0.25, 0.3) is 0 Å². The maximum Gasteiger partial charge on any atom is 0.355 e. The second-order valence-corrected chi connectivity index (χ2v) is 5.07. The SMILES string of the molecule is CCCN(CCO)C(=O)NCCc1nc(C(=O)O)cs1. The number of amides is 2. The highest BCUT2D eigenvalue weighted by molar-refractivity contribution is 7.09. The molecular weight excluding hydrogens is 282 g/mol. The van der Waals surface area contributed by atoms with Gasteiger partial charge in [-0.25, -0.2) is 14.6 Å². The fourth-order valence-corrected chi connectivity index (χ4v) is 2.39. The fourth-order valence-electron chi connectivity index (χ4n) is 1.62. The predicted molar refractivity (Wildman–Crippen MR) is 75.1 cm³/mol. The third kappa shape index (κ3) is 5.14. The summed E-state index contributed by atoms with van der Waals surface area (Å²) in [6.07, 6.45) is 1.31. The summed E-state index contributed by atoms with van der Waals surface area (Å²) >= 11 is 1.26. The molecule has 2 amide bonds. The molecule has 0 spiro atoms. The molecule has 0 aliphatic carbocycles. The molecule has 7 nitrogen and oxygen atoms in total. The van der Waals surface area contributed by atoms with Crippen molar-refractivity contribution in [3.63, 3.8) is 0 Å². The molecule has 20 heavy (non-hydrogen) atoms. The Kier molecular flexibility index (Phi) is 6.96. The van der Waals surface area contributed by atoms with Crippen molar-refractivity contribution in [2.24, 2.45) is 0 Å². The van der Waals surface area contributed by atoms with E-state index in [9.17, 15) is 9.59 Å². The average molecular weight is 301 g/mol. The van der Waals surface area contributed by atoms with Crippen molar-refractivity contribution in [1.82, 2.24) is 15.2 Å². The van der Waals surface area contributed by atoms with Gasteiger partial charge in [0.15, 0.2) is 5.69 Å². The molecule has 0 aromatic carbocycles. The number of carboxylic acids is 1. The van der Waals surface area contributed by atoms with Gasteiger partial charge in [0.1, 0.15) is 0 Å². The number of aliphatic hydroxyl groups is 1. The fraction of sp³-hybridized carbons (Fsp3) is 0.583. The number of aliphatic hydroxyl groups excluding tert-OH is 1. The number of nitrogens with one attached hydrogen (secondary N) is 1. The summed E-state index contributed by atoms with van der Waals surface area (Å²) in [5.41, 5.74) is 0.0317. The summed E-state index contributed by atoms with van der Waals surface area (Å²) in [6, 6.07) is -0.226. The maximum atomic E-state index is 11.8. The summed E-state index contributed by atoms with van der Waals surface area (Å²) in [7, 11) is 0. The molecule has 1 rings (SSSR count). The first-order valence-electron chi connectivity index (χ1n) is 6.39. The second-order valence-electron chi connectivity index (χ2n) is 4.12. The molecular formula is C12H19N3O4S. The number of carbonyl (C=O) groups excluding carboxylic acids is 1. The van der Waals surface area contributed by atoms with E-state index in [0.29, 0.717) is 31.1 Å². The number of urea groups is 1. The Morgan fingerprint density at radius 2 is 2.20 bits per heavy atom. The lowest BCUT2D eigenvalue weighted by molar-refractivity contribution is 0.0691. The summed E-state index contributed by atoms with van der Waals surface area (Å²) < 4.78 is 0. The van der Waals surface area contributed by atoms with Crippen molar-refractivity contribution in [2.45, 2.75) is 19.8 Å². The molecule has 0 saturated heterocycles. The molecule has 8 heteroatoms. The zero-order valence-corrected chi connectivity index (χ0v) is 12.2. The number of hydrogen-bond acceptors (Lipinski definition) is 5. The minimum absolute atomic E-state index is 0.0317. The second kappa shape index (κ2) is 8.49. The van der Waals surface area contributed by atoms with Crippen LogP contribution in [0, 0.1) is 0 Å². The molecule has 0 unspecified atom stereocenters. The Morgan fingerprint density at radius 1 is 1.45 bits per heavy atom. The predicted octanol–water partition coefficient (Wildman–Crippen LogP) is 0.798. The lowest BCUT2D eigenvalue weighted by atomic mass is 10.4. The minimum Gasteiger partial charge on any atom is -0.476 e. The van der Waals surface area contributed by atoms with E-state index in [1.165, 1.54) is 16.7 Å². The van der Waals surface area contributed by atoms with E-state index in [-0.39, 0.29) is 18.3 Å². The summed E-state index contributed by atoms with van der Waals surface area (Å²) in [4.78, 5) is 28.0.